The Hall–Kier alpha value is -8.41. The molecule has 0 bridgehead atoms. The van der Waals surface area contributed by atoms with Crippen LogP contribution in [0, 0.1) is 11.3 Å². The molecule has 0 aliphatic carbocycles. The third-order valence-corrected chi connectivity index (χ3v) is 14.1. The molecule has 6 heterocycles. The fourth-order valence-corrected chi connectivity index (χ4v) is 9.12. The number of alkyl halides is 6. The van der Waals surface area contributed by atoms with Gasteiger partial charge in [0, 0.05) is 116 Å². The van der Waals surface area contributed by atoms with E-state index < -0.39 is 42.5 Å². The molecule has 0 saturated heterocycles. The first-order chi connectivity index (χ1) is 43.1. The topological polar surface area (TPSA) is 316 Å². The van der Waals surface area contributed by atoms with Crippen LogP contribution in [-0.4, -0.2) is 118 Å². The van der Waals surface area contributed by atoms with Gasteiger partial charge in [0.1, 0.15) is 0 Å². The van der Waals surface area contributed by atoms with Crippen LogP contribution in [0.25, 0.3) is 45.0 Å². The van der Waals surface area contributed by atoms with Gasteiger partial charge in [-0.3, -0.25) is 9.97 Å². The van der Waals surface area contributed by atoms with E-state index in [1.54, 1.807) is 63.3 Å². The molecular formula is C62H63Cu2F6N11O11S2. The second-order valence-corrected chi connectivity index (χ2v) is 21.4. The van der Waals surface area contributed by atoms with Gasteiger partial charge in [0.25, 0.3) is 0 Å². The summed E-state index contributed by atoms with van der Waals surface area (Å²) < 4.78 is 143. The van der Waals surface area contributed by atoms with Gasteiger partial charge < -0.3 is 52.2 Å². The maximum atomic E-state index is 12.9. The zero-order valence-electron chi connectivity index (χ0n) is 51.4. The van der Waals surface area contributed by atoms with Crippen LogP contribution in [0.4, 0.5) is 26.3 Å². The van der Waals surface area contributed by atoms with E-state index in [0.717, 1.165) is 47.0 Å². The molecule has 0 amide bonds. The SMILES string of the molecule is CC#N.CCOCC.CO[C@](c1ccccn1)(c1nccn1C)c1nc(-c2ccccc2)c(-c2ccccc2)n1C.CO[C@](c1ccccn1)(c1nccn1C)c1nc(-c2ccccc2[O-])c(-c2ccccc2)n1C.O=S(=O)([O-])C(F)(F)F.O=S(=O)([O-])C(F)(F)F.[Cu+2].[Cu+2].[OH-]. The Kier molecular flexibility index (Phi) is 31.5. The molecule has 508 valence electrons. The maximum Gasteiger partial charge on any atom is 2.00 e. The van der Waals surface area contributed by atoms with Gasteiger partial charge in [0.2, 0.25) is 11.2 Å². The van der Waals surface area contributed by atoms with E-state index in [2.05, 4.69) is 48.8 Å². The van der Waals surface area contributed by atoms with Gasteiger partial charge in [-0.1, -0.05) is 133 Å². The summed E-state index contributed by atoms with van der Waals surface area (Å²) >= 11 is 0. The Balaban J connectivity index is 0.000000465. The number of benzene rings is 4. The average molecular weight is 1440 g/mol. The van der Waals surface area contributed by atoms with Crippen LogP contribution in [0.2, 0.25) is 0 Å². The monoisotopic (exact) mass is 1440 g/mol. The summed E-state index contributed by atoms with van der Waals surface area (Å²) in [4.78, 5) is 29.0. The minimum atomic E-state index is -6.09. The number of pyridine rings is 2. The Morgan fingerprint density at radius 1 is 0.500 bits per heavy atom. The number of hydrogen-bond acceptors (Lipinski definition) is 18. The number of hydrogen-bond donors (Lipinski definition) is 0. The predicted molar refractivity (Wildman–Crippen MR) is 323 cm³/mol. The summed E-state index contributed by atoms with van der Waals surface area (Å²) in [5.41, 5.74) is -5.41. The molecule has 10 rings (SSSR count). The second-order valence-electron chi connectivity index (χ2n) is 18.7. The molecule has 0 aliphatic heterocycles. The fraction of sp³-hybridized carbons (Fsp3) is 0.242. The number of aromatic nitrogens is 10. The smallest absolute Gasteiger partial charge is 0.872 e. The van der Waals surface area contributed by atoms with Crippen molar-refractivity contribution in [3.05, 3.63) is 224 Å². The molecule has 2 atom stereocenters. The van der Waals surface area contributed by atoms with Crippen LogP contribution in [0.3, 0.4) is 0 Å². The summed E-state index contributed by atoms with van der Waals surface area (Å²) in [5, 5.41) is 20.2. The molecule has 10 aromatic rings. The maximum absolute atomic E-state index is 12.9. The van der Waals surface area contributed by atoms with Gasteiger partial charge in [0.05, 0.1) is 40.2 Å². The number of imidazole rings is 4. The van der Waals surface area contributed by atoms with E-state index in [1.165, 1.54) is 6.92 Å². The van der Waals surface area contributed by atoms with E-state index in [1.807, 2.05) is 177 Å². The number of para-hydroxylation sites is 1. The van der Waals surface area contributed by atoms with Crippen molar-refractivity contribution in [1.82, 2.24) is 48.2 Å². The number of ether oxygens (including phenoxy) is 3. The van der Waals surface area contributed by atoms with Crippen LogP contribution < -0.4 is 5.11 Å². The van der Waals surface area contributed by atoms with E-state index >= 15 is 0 Å². The summed E-state index contributed by atoms with van der Waals surface area (Å²) in [5.74, 6) is 2.51. The van der Waals surface area contributed by atoms with Crippen molar-refractivity contribution in [3.63, 3.8) is 0 Å². The van der Waals surface area contributed by atoms with Crippen LogP contribution in [0.5, 0.6) is 5.75 Å². The van der Waals surface area contributed by atoms with Crippen molar-refractivity contribution in [2.45, 2.75) is 43.0 Å². The molecule has 0 aliphatic rings. The third kappa shape index (κ3) is 19.1. The Labute approximate surface area is 560 Å². The van der Waals surface area contributed by atoms with Gasteiger partial charge in [-0.05, 0) is 43.7 Å². The van der Waals surface area contributed by atoms with Crippen LogP contribution in [0.1, 0.15) is 55.5 Å². The normalized spacial score (nSPS) is 12.2. The van der Waals surface area contributed by atoms with Crippen molar-refractivity contribution in [2.24, 2.45) is 28.2 Å². The van der Waals surface area contributed by atoms with Gasteiger partial charge >= 0.3 is 45.2 Å². The van der Waals surface area contributed by atoms with Gasteiger partial charge in [-0.2, -0.15) is 31.6 Å². The quantitative estimate of drug-likeness (QED) is 0.0423. The zero-order chi connectivity index (χ0) is 67.4. The summed E-state index contributed by atoms with van der Waals surface area (Å²) in [6.07, 6.45) is 10.8. The average Bonchev–Trinajstić information content (AvgIpc) is 1.55. The Morgan fingerprint density at radius 3 is 1.11 bits per heavy atom. The molecule has 6 aromatic heterocycles. The van der Waals surface area contributed by atoms with Crippen molar-refractivity contribution < 1.29 is 111 Å². The zero-order valence-corrected chi connectivity index (χ0v) is 55.0. The van der Waals surface area contributed by atoms with Crippen molar-refractivity contribution in [2.75, 3.05) is 27.4 Å². The largest absolute Gasteiger partial charge is 2.00 e. The molecule has 32 heteroatoms. The molecule has 0 unspecified atom stereocenters. The number of rotatable bonds is 14. The first kappa shape index (κ1) is 81.7. The molecular weight excluding hydrogens is 1380 g/mol. The van der Waals surface area contributed by atoms with E-state index in [4.69, 9.17) is 55.4 Å². The molecule has 0 saturated carbocycles. The number of aryl methyl sites for hydroxylation is 2. The van der Waals surface area contributed by atoms with E-state index in [0.29, 0.717) is 45.9 Å². The number of methoxy groups -OCH3 is 2. The molecule has 94 heavy (non-hydrogen) atoms. The second kappa shape index (κ2) is 36.3. The van der Waals surface area contributed by atoms with Crippen LogP contribution in [-0.2, 0) is 108 Å². The molecule has 4 aromatic carbocycles. The molecule has 2 radical (unpaired) electrons. The van der Waals surface area contributed by atoms with Gasteiger partial charge in [-0.15, -0.1) is 0 Å². The minimum absolute atomic E-state index is 0. The van der Waals surface area contributed by atoms with E-state index in [-0.39, 0.29) is 45.4 Å². The first-order valence-electron chi connectivity index (χ1n) is 27.0. The molecule has 1 N–H and O–H groups in total. The van der Waals surface area contributed by atoms with Gasteiger partial charge in [0.15, 0.2) is 43.5 Å². The summed E-state index contributed by atoms with van der Waals surface area (Å²) in [6, 6.07) is 50.6. The number of nitriles is 1. The number of halogens is 6. The van der Waals surface area contributed by atoms with Crippen molar-refractivity contribution >= 4 is 20.2 Å². The van der Waals surface area contributed by atoms with Gasteiger partial charge in [-0.25, -0.2) is 36.8 Å². The van der Waals surface area contributed by atoms with Crippen molar-refractivity contribution in [3.8, 4) is 56.8 Å². The predicted octanol–water partition coefficient (Wildman–Crippen LogP) is 10.2. The first-order valence-corrected chi connectivity index (χ1v) is 29.8. The molecule has 22 nitrogen and oxygen atoms in total. The van der Waals surface area contributed by atoms with E-state index in [9.17, 15) is 31.4 Å². The Morgan fingerprint density at radius 2 is 0.819 bits per heavy atom. The summed E-state index contributed by atoms with van der Waals surface area (Å²) in [7, 11) is -1.05. The Bertz CT molecular complexity index is 4150. The standard InChI is InChI=1S/C27H25N5O2.C27H25N5O.C4H10O.C2H3N.2CHF3O3S.2Cu.H2O/c1-31-18-17-29-25(31)27(34-3,22-15-9-10-16-28-22)26-30-23(20-13-7-8-14-21(20)33)24(32(26)2)19-11-5-4-6-12-19;1-31-19-18-29-25(31)27(33-3,22-16-10-11-17-28-22)26-30-23(20-12-6-4-7-13-20)24(32(26)2)21-14-8-5-9-15-21;1-3-5-4-2;1-2-3;2*2-1(3,4)8(5,6)7;;;/h4-18,33H,1-3H3;4-19H,1-3H3;3-4H2,1-2H3;1H3;2*(H,5,6,7);;;1H2/q;;;;;;2*+2;/p-4/t2*27-;;;;;;;/m11......./s1. The third-order valence-electron chi connectivity index (χ3n) is 13.0. The van der Waals surface area contributed by atoms with Crippen molar-refractivity contribution in [1.29, 1.82) is 5.26 Å². The minimum Gasteiger partial charge on any atom is -0.872 e. The molecule has 0 spiro atoms. The number of nitrogens with zero attached hydrogens (tertiary/aromatic N) is 11. The molecule has 0 fully saturated rings. The fourth-order valence-electron chi connectivity index (χ4n) is 9.12. The van der Waals surface area contributed by atoms with Crippen LogP contribution in [0.15, 0.2) is 189 Å². The van der Waals surface area contributed by atoms with Crippen LogP contribution >= 0.6 is 0 Å². The summed E-state index contributed by atoms with van der Waals surface area (Å²) in [6.45, 7) is 7.10.